The summed E-state index contributed by atoms with van der Waals surface area (Å²) in [6.45, 7) is 18.9. The number of allylic oxidation sites excluding steroid dienone is 1. The van der Waals surface area contributed by atoms with Gasteiger partial charge in [-0.25, -0.2) is 0 Å². The number of hydrogen-bond acceptors (Lipinski definition) is 3. The average molecular weight is 831 g/mol. The standard InChI is InChI=1S/C53H59O3PSi2/c1-42-43(38-39-57(54,45-26-14-8-15-27-45)46-28-16-9-17-29-46)40-44(55-58(52(2,3)4,47-30-18-10-19-31-47)48-32-20-11-21-33-48)41-51(42)56-59(53(5,6)7,49-34-22-12-23-35-49)50-36-24-13-25-37-50/h8-38,44,51H,1,39-41H2,2-7H3. The van der Waals surface area contributed by atoms with Crippen molar-refractivity contribution in [1.82, 2.24) is 0 Å². The molecule has 6 heteroatoms. The fourth-order valence-electron chi connectivity index (χ4n) is 9.25. The van der Waals surface area contributed by atoms with Crippen LogP contribution in [0.3, 0.4) is 0 Å². The van der Waals surface area contributed by atoms with Gasteiger partial charge in [0.1, 0.15) is 7.14 Å². The highest BCUT2D eigenvalue weighted by molar-refractivity contribution is 7.78. The van der Waals surface area contributed by atoms with E-state index in [-0.39, 0.29) is 22.3 Å². The van der Waals surface area contributed by atoms with Gasteiger partial charge in [0.2, 0.25) is 0 Å². The predicted octanol–water partition coefficient (Wildman–Crippen LogP) is 10.2. The molecule has 59 heavy (non-hydrogen) atoms. The first-order valence-electron chi connectivity index (χ1n) is 21.0. The molecule has 1 aliphatic rings. The topological polar surface area (TPSA) is 35.5 Å². The van der Waals surface area contributed by atoms with Gasteiger partial charge < -0.3 is 13.4 Å². The lowest BCUT2D eigenvalue weighted by molar-refractivity contribution is 0.102. The molecule has 2 atom stereocenters. The quantitative estimate of drug-likeness (QED) is 0.0911. The summed E-state index contributed by atoms with van der Waals surface area (Å²) in [5.74, 6) is 0. The van der Waals surface area contributed by atoms with Crippen molar-refractivity contribution in [1.29, 1.82) is 0 Å². The zero-order valence-corrected chi connectivity index (χ0v) is 38.4. The summed E-state index contributed by atoms with van der Waals surface area (Å²) in [6.07, 6.45) is 3.33. The van der Waals surface area contributed by atoms with Crippen LogP contribution in [0.2, 0.25) is 10.1 Å². The Morgan fingerprint density at radius 2 is 0.864 bits per heavy atom. The maximum Gasteiger partial charge on any atom is 0.261 e. The molecule has 0 spiro atoms. The van der Waals surface area contributed by atoms with E-state index in [1.165, 1.54) is 20.7 Å². The summed E-state index contributed by atoms with van der Waals surface area (Å²) >= 11 is 0. The molecule has 302 valence electrons. The molecule has 0 amide bonds. The minimum atomic E-state index is -3.06. The SMILES string of the molecule is C=C1C(=CCP(=O)(c2ccccc2)c2ccccc2)CC(O[Si](c2ccccc2)(c2ccccc2)C(C)(C)C)CC1O[Si](c1ccccc1)(c1ccccc1)C(C)(C)C. The van der Waals surface area contributed by atoms with Gasteiger partial charge in [-0.05, 0) is 48.4 Å². The van der Waals surface area contributed by atoms with Gasteiger partial charge in [-0.15, -0.1) is 0 Å². The van der Waals surface area contributed by atoms with Gasteiger partial charge in [0.15, 0.2) is 0 Å². The Morgan fingerprint density at radius 1 is 0.542 bits per heavy atom. The van der Waals surface area contributed by atoms with Crippen LogP contribution in [0.4, 0.5) is 0 Å². The van der Waals surface area contributed by atoms with E-state index in [0.717, 1.165) is 21.8 Å². The third-order valence-corrected chi connectivity index (χ3v) is 25.3. The van der Waals surface area contributed by atoms with Crippen molar-refractivity contribution in [3.63, 3.8) is 0 Å². The van der Waals surface area contributed by atoms with Gasteiger partial charge in [-0.1, -0.05) is 236 Å². The number of rotatable bonds is 12. The van der Waals surface area contributed by atoms with E-state index in [0.29, 0.717) is 19.0 Å². The molecule has 0 aromatic heterocycles. The van der Waals surface area contributed by atoms with Gasteiger partial charge >= 0.3 is 0 Å². The van der Waals surface area contributed by atoms with E-state index < -0.39 is 23.8 Å². The second-order valence-corrected chi connectivity index (χ2v) is 29.3. The maximum absolute atomic E-state index is 15.5. The van der Waals surface area contributed by atoms with Gasteiger partial charge in [-0.3, -0.25) is 0 Å². The molecule has 0 heterocycles. The molecule has 0 saturated heterocycles. The first kappa shape index (κ1) is 42.5. The molecule has 0 bridgehead atoms. The van der Waals surface area contributed by atoms with Crippen LogP contribution in [0.5, 0.6) is 0 Å². The Balaban J connectivity index is 1.40. The van der Waals surface area contributed by atoms with E-state index in [9.17, 15) is 0 Å². The Bertz CT molecular complexity index is 2250. The molecule has 1 fully saturated rings. The summed E-state index contributed by atoms with van der Waals surface area (Å²) in [6, 6.07) is 63.4. The number of benzene rings is 6. The minimum absolute atomic E-state index is 0.200. The fraction of sp³-hybridized carbons (Fsp3) is 0.245. The van der Waals surface area contributed by atoms with Gasteiger partial charge in [-0.2, -0.15) is 0 Å². The molecule has 0 radical (unpaired) electrons. The highest BCUT2D eigenvalue weighted by Gasteiger charge is 2.55. The van der Waals surface area contributed by atoms with Crippen LogP contribution in [0.15, 0.2) is 206 Å². The zero-order chi connectivity index (χ0) is 41.7. The largest absolute Gasteiger partial charge is 0.404 e. The molecule has 3 nitrogen and oxygen atoms in total. The summed E-state index contributed by atoms with van der Waals surface area (Å²) in [4.78, 5) is 0. The van der Waals surface area contributed by atoms with Crippen LogP contribution in [0.25, 0.3) is 0 Å². The normalized spacial score (nSPS) is 17.5. The van der Waals surface area contributed by atoms with Crippen molar-refractivity contribution in [2.45, 2.75) is 76.7 Å². The summed E-state index contributed by atoms with van der Waals surface area (Å²) in [5.41, 5.74) is 2.02. The number of hydrogen-bond donors (Lipinski definition) is 0. The molecule has 0 aliphatic heterocycles. The first-order valence-corrected chi connectivity index (χ1v) is 26.7. The molecular weight excluding hydrogens is 772 g/mol. The van der Waals surface area contributed by atoms with Crippen molar-refractivity contribution in [3.8, 4) is 0 Å². The van der Waals surface area contributed by atoms with Crippen LogP contribution in [-0.2, 0) is 13.4 Å². The van der Waals surface area contributed by atoms with Gasteiger partial charge in [0, 0.05) is 23.2 Å². The Labute approximate surface area is 355 Å². The van der Waals surface area contributed by atoms with Crippen molar-refractivity contribution >= 4 is 55.1 Å². The Kier molecular flexibility index (Phi) is 12.6. The predicted molar refractivity (Wildman–Crippen MR) is 256 cm³/mol. The van der Waals surface area contributed by atoms with E-state index in [1.807, 2.05) is 60.7 Å². The lowest BCUT2D eigenvalue weighted by Crippen LogP contribution is -2.69. The summed E-state index contributed by atoms with van der Waals surface area (Å²) < 4.78 is 31.4. The molecule has 1 saturated carbocycles. The van der Waals surface area contributed by atoms with Crippen molar-refractivity contribution in [2.75, 3.05) is 6.16 Å². The van der Waals surface area contributed by atoms with Crippen LogP contribution in [0.1, 0.15) is 54.4 Å². The zero-order valence-electron chi connectivity index (χ0n) is 35.6. The minimum Gasteiger partial charge on any atom is -0.404 e. The lowest BCUT2D eigenvalue weighted by atomic mass is 9.86. The monoisotopic (exact) mass is 830 g/mol. The summed E-state index contributed by atoms with van der Waals surface area (Å²) in [5, 5.41) is 6.20. The van der Waals surface area contributed by atoms with Crippen LogP contribution < -0.4 is 31.4 Å². The van der Waals surface area contributed by atoms with E-state index in [2.05, 4.69) is 169 Å². The fourth-order valence-corrected chi connectivity index (χ4v) is 21.1. The lowest BCUT2D eigenvalue weighted by Gasteiger charge is -2.49. The smallest absolute Gasteiger partial charge is 0.261 e. The molecule has 6 aromatic rings. The van der Waals surface area contributed by atoms with E-state index >= 15 is 4.57 Å². The van der Waals surface area contributed by atoms with Crippen molar-refractivity contribution in [2.24, 2.45) is 0 Å². The highest BCUT2D eigenvalue weighted by Crippen LogP contribution is 2.47. The second kappa shape index (κ2) is 17.5. The molecule has 1 aliphatic carbocycles. The molecule has 0 N–H and O–H groups in total. The Hall–Kier alpha value is -4.62. The van der Waals surface area contributed by atoms with Crippen molar-refractivity contribution < 1.29 is 13.4 Å². The van der Waals surface area contributed by atoms with Crippen LogP contribution in [0, 0.1) is 0 Å². The second-order valence-electron chi connectivity index (χ2n) is 18.0. The average Bonchev–Trinajstić information content (AvgIpc) is 3.26. The molecule has 2 unspecified atom stereocenters. The highest BCUT2D eigenvalue weighted by atomic mass is 31.2. The van der Waals surface area contributed by atoms with Crippen LogP contribution >= 0.6 is 7.14 Å². The third-order valence-electron chi connectivity index (χ3n) is 12.2. The van der Waals surface area contributed by atoms with Gasteiger partial charge in [0.05, 0.1) is 12.2 Å². The van der Waals surface area contributed by atoms with Crippen LogP contribution in [-0.4, -0.2) is 35.0 Å². The van der Waals surface area contributed by atoms with Crippen molar-refractivity contribution in [3.05, 3.63) is 206 Å². The van der Waals surface area contributed by atoms with E-state index in [4.69, 9.17) is 15.4 Å². The molecule has 7 rings (SSSR count). The maximum atomic E-state index is 15.5. The molecule has 6 aromatic carbocycles. The Morgan fingerprint density at radius 3 is 1.20 bits per heavy atom. The van der Waals surface area contributed by atoms with Gasteiger partial charge in [0.25, 0.3) is 16.6 Å². The third kappa shape index (κ3) is 8.42. The molecular formula is C53H59O3PSi2. The van der Waals surface area contributed by atoms with E-state index in [1.54, 1.807) is 0 Å². The summed E-state index contributed by atoms with van der Waals surface area (Å²) in [7, 11) is -9.04. The first-order chi connectivity index (χ1) is 28.3.